The third kappa shape index (κ3) is 1.23. The lowest BCUT2D eigenvalue weighted by Crippen LogP contribution is -2.33. The highest BCUT2D eigenvalue weighted by atomic mass is 16.2. The maximum atomic E-state index is 11.6. The van der Waals surface area contributed by atoms with Gasteiger partial charge in [-0.2, -0.15) is 0 Å². The molecular formula is C12H10N2O2. The van der Waals surface area contributed by atoms with Crippen LogP contribution in [0.25, 0.3) is 11.3 Å². The number of H-pyrrole nitrogens is 1. The summed E-state index contributed by atoms with van der Waals surface area (Å²) in [4.78, 5) is 25.2. The zero-order valence-corrected chi connectivity index (χ0v) is 8.56. The van der Waals surface area contributed by atoms with Crippen molar-refractivity contribution in [1.29, 1.82) is 0 Å². The molecule has 2 aromatic rings. The van der Waals surface area contributed by atoms with Crippen LogP contribution in [-0.4, -0.2) is 9.55 Å². The van der Waals surface area contributed by atoms with E-state index < -0.39 is 0 Å². The van der Waals surface area contributed by atoms with Crippen molar-refractivity contribution >= 4 is 0 Å². The molecule has 2 heterocycles. The molecule has 0 saturated heterocycles. The van der Waals surface area contributed by atoms with Crippen LogP contribution in [0.1, 0.15) is 5.56 Å². The highest BCUT2D eigenvalue weighted by Gasteiger charge is 2.16. The van der Waals surface area contributed by atoms with E-state index in [9.17, 15) is 9.59 Å². The fourth-order valence-electron chi connectivity index (χ4n) is 2.19. The zero-order valence-electron chi connectivity index (χ0n) is 8.56. The van der Waals surface area contributed by atoms with Gasteiger partial charge in [0, 0.05) is 18.2 Å². The number of hydrogen-bond donors (Lipinski definition) is 1. The van der Waals surface area contributed by atoms with Gasteiger partial charge in [-0.1, -0.05) is 24.3 Å². The van der Waals surface area contributed by atoms with E-state index in [0.29, 0.717) is 6.54 Å². The lowest BCUT2D eigenvalue weighted by atomic mass is 9.98. The number of benzene rings is 1. The Morgan fingerprint density at radius 1 is 1.19 bits per heavy atom. The largest absolute Gasteiger partial charge is 0.328 e. The molecule has 3 rings (SSSR count). The van der Waals surface area contributed by atoms with Crippen LogP contribution in [0.15, 0.2) is 39.9 Å². The SMILES string of the molecule is O=c1cc2n(c(=O)[nH]1)CCc1ccccc1-2. The zero-order chi connectivity index (χ0) is 11.1. The summed E-state index contributed by atoms with van der Waals surface area (Å²) < 4.78 is 1.61. The fraction of sp³-hybridized carbons (Fsp3) is 0.167. The molecule has 1 N–H and O–H groups in total. The van der Waals surface area contributed by atoms with Crippen LogP contribution in [0.4, 0.5) is 0 Å². The van der Waals surface area contributed by atoms with Gasteiger partial charge in [-0.25, -0.2) is 4.79 Å². The quantitative estimate of drug-likeness (QED) is 0.704. The molecule has 0 saturated carbocycles. The summed E-state index contributed by atoms with van der Waals surface area (Å²) in [5.74, 6) is 0. The van der Waals surface area contributed by atoms with Crippen molar-refractivity contribution in [3.05, 3.63) is 56.7 Å². The van der Waals surface area contributed by atoms with Crippen LogP contribution in [0.3, 0.4) is 0 Å². The topological polar surface area (TPSA) is 54.9 Å². The Balaban J connectivity index is 2.40. The monoisotopic (exact) mass is 214 g/mol. The van der Waals surface area contributed by atoms with E-state index in [0.717, 1.165) is 17.7 Å². The first-order chi connectivity index (χ1) is 7.75. The summed E-state index contributed by atoms with van der Waals surface area (Å²) in [6.07, 6.45) is 0.828. The molecule has 4 nitrogen and oxygen atoms in total. The third-order valence-corrected chi connectivity index (χ3v) is 2.93. The molecule has 0 spiro atoms. The molecule has 0 bridgehead atoms. The molecule has 0 radical (unpaired) electrons. The maximum Gasteiger partial charge on any atom is 0.328 e. The van der Waals surface area contributed by atoms with E-state index in [1.807, 2.05) is 24.3 Å². The predicted molar refractivity (Wildman–Crippen MR) is 60.5 cm³/mol. The summed E-state index contributed by atoms with van der Waals surface area (Å²) in [7, 11) is 0. The molecular weight excluding hydrogens is 204 g/mol. The van der Waals surface area contributed by atoms with Gasteiger partial charge in [-0.05, 0) is 12.0 Å². The van der Waals surface area contributed by atoms with Gasteiger partial charge >= 0.3 is 5.69 Å². The second-order valence-corrected chi connectivity index (χ2v) is 3.88. The van der Waals surface area contributed by atoms with Crippen LogP contribution in [-0.2, 0) is 13.0 Å². The molecule has 0 amide bonds. The second-order valence-electron chi connectivity index (χ2n) is 3.88. The van der Waals surface area contributed by atoms with E-state index in [1.54, 1.807) is 4.57 Å². The number of nitrogens with zero attached hydrogens (tertiary/aromatic N) is 1. The molecule has 0 atom stereocenters. The Bertz CT molecular complexity index is 667. The van der Waals surface area contributed by atoms with E-state index in [-0.39, 0.29) is 11.2 Å². The molecule has 16 heavy (non-hydrogen) atoms. The number of aryl methyl sites for hydroxylation is 1. The minimum Gasteiger partial charge on any atom is -0.293 e. The van der Waals surface area contributed by atoms with Crippen LogP contribution in [0.2, 0.25) is 0 Å². The summed E-state index contributed by atoms with van der Waals surface area (Å²) in [5.41, 5.74) is 2.23. The minimum atomic E-state index is -0.340. The van der Waals surface area contributed by atoms with Crippen molar-refractivity contribution < 1.29 is 0 Å². The number of fused-ring (bicyclic) bond motifs is 3. The van der Waals surface area contributed by atoms with Crippen molar-refractivity contribution in [2.45, 2.75) is 13.0 Å². The fourth-order valence-corrected chi connectivity index (χ4v) is 2.19. The average Bonchev–Trinajstić information content (AvgIpc) is 2.28. The summed E-state index contributed by atoms with van der Waals surface area (Å²) in [6.45, 7) is 0.627. The van der Waals surface area contributed by atoms with Crippen LogP contribution < -0.4 is 11.2 Å². The summed E-state index contributed by atoms with van der Waals surface area (Å²) in [6, 6.07) is 9.35. The molecule has 80 valence electrons. The molecule has 1 aromatic carbocycles. The summed E-state index contributed by atoms with van der Waals surface area (Å²) >= 11 is 0. The first kappa shape index (κ1) is 9.15. The van der Waals surface area contributed by atoms with Crippen molar-refractivity contribution in [1.82, 2.24) is 9.55 Å². The molecule has 1 aromatic heterocycles. The highest BCUT2D eigenvalue weighted by molar-refractivity contribution is 5.65. The molecule has 0 aliphatic carbocycles. The van der Waals surface area contributed by atoms with Gasteiger partial charge in [0.15, 0.2) is 0 Å². The second kappa shape index (κ2) is 3.20. The smallest absolute Gasteiger partial charge is 0.293 e. The minimum absolute atomic E-state index is 0.322. The lowest BCUT2D eigenvalue weighted by Gasteiger charge is -2.20. The van der Waals surface area contributed by atoms with Gasteiger partial charge in [0.2, 0.25) is 0 Å². The standard InChI is InChI=1S/C12H10N2O2/c15-11-7-10-9-4-2-1-3-8(9)5-6-14(10)12(16)13-11/h1-4,7H,5-6H2,(H,13,15,16). The van der Waals surface area contributed by atoms with Crippen molar-refractivity contribution in [2.24, 2.45) is 0 Å². The number of rotatable bonds is 0. The van der Waals surface area contributed by atoms with E-state index in [4.69, 9.17) is 0 Å². The third-order valence-electron chi connectivity index (χ3n) is 2.93. The Morgan fingerprint density at radius 2 is 2.00 bits per heavy atom. The maximum absolute atomic E-state index is 11.6. The average molecular weight is 214 g/mol. The van der Waals surface area contributed by atoms with Gasteiger partial charge in [0.1, 0.15) is 0 Å². The van der Waals surface area contributed by atoms with E-state index >= 15 is 0 Å². The Kier molecular flexibility index (Phi) is 1.83. The van der Waals surface area contributed by atoms with Crippen LogP contribution in [0, 0.1) is 0 Å². The van der Waals surface area contributed by atoms with Gasteiger partial charge in [0.25, 0.3) is 5.56 Å². The molecule has 4 heteroatoms. The molecule has 0 unspecified atom stereocenters. The van der Waals surface area contributed by atoms with Gasteiger partial charge in [0.05, 0.1) is 5.69 Å². The first-order valence-electron chi connectivity index (χ1n) is 5.18. The van der Waals surface area contributed by atoms with Gasteiger partial charge < -0.3 is 0 Å². The van der Waals surface area contributed by atoms with Gasteiger partial charge in [-0.15, -0.1) is 0 Å². The number of aromatic nitrogens is 2. The van der Waals surface area contributed by atoms with Crippen LogP contribution >= 0.6 is 0 Å². The number of hydrogen-bond acceptors (Lipinski definition) is 2. The van der Waals surface area contributed by atoms with Crippen LogP contribution in [0.5, 0.6) is 0 Å². The highest BCUT2D eigenvalue weighted by Crippen LogP contribution is 2.26. The van der Waals surface area contributed by atoms with Crippen molar-refractivity contribution in [3.63, 3.8) is 0 Å². The van der Waals surface area contributed by atoms with Gasteiger partial charge in [-0.3, -0.25) is 14.3 Å². The van der Waals surface area contributed by atoms with E-state index in [2.05, 4.69) is 4.98 Å². The Hall–Kier alpha value is -2.10. The van der Waals surface area contributed by atoms with E-state index in [1.165, 1.54) is 11.6 Å². The predicted octanol–water partition coefficient (Wildman–Crippen LogP) is 0.760. The normalized spacial score (nSPS) is 13.0. The molecule has 0 fully saturated rings. The number of aromatic amines is 1. The van der Waals surface area contributed by atoms with Crippen molar-refractivity contribution in [2.75, 3.05) is 0 Å². The Labute approximate surface area is 91.2 Å². The molecule has 1 aliphatic heterocycles. The van der Waals surface area contributed by atoms with Crippen molar-refractivity contribution in [3.8, 4) is 11.3 Å². The number of nitrogens with one attached hydrogen (secondary N) is 1. The molecule has 1 aliphatic rings. The lowest BCUT2D eigenvalue weighted by molar-refractivity contribution is 0.636. The first-order valence-corrected chi connectivity index (χ1v) is 5.18. The Morgan fingerprint density at radius 3 is 2.88 bits per heavy atom. The summed E-state index contributed by atoms with van der Waals surface area (Å²) in [5, 5.41) is 0.